The second-order valence-corrected chi connectivity index (χ2v) is 7.91. The SMILES string of the molecule is O=C(CN1CCC(c2nnc(-c3ccsc3)o2)CC1)Nc1ccc(OC(F)(F)F)cc1. The van der Waals surface area contributed by atoms with Crippen LogP contribution < -0.4 is 10.1 Å². The number of benzene rings is 1. The van der Waals surface area contributed by atoms with E-state index in [1.54, 1.807) is 11.3 Å². The summed E-state index contributed by atoms with van der Waals surface area (Å²) in [7, 11) is 0. The second-order valence-electron chi connectivity index (χ2n) is 7.13. The number of alkyl halides is 3. The highest BCUT2D eigenvalue weighted by molar-refractivity contribution is 7.08. The number of amides is 1. The summed E-state index contributed by atoms with van der Waals surface area (Å²) < 4.78 is 46.2. The van der Waals surface area contributed by atoms with Crippen molar-refractivity contribution in [2.45, 2.75) is 25.1 Å². The van der Waals surface area contributed by atoms with Crippen molar-refractivity contribution in [1.82, 2.24) is 15.1 Å². The van der Waals surface area contributed by atoms with Gasteiger partial charge in [-0.3, -0.25) is 9.69 Å². The minimum absolute atomic E-state index is 0.153. The van der Waals surface area contributed by atoms with Crippen LogP contribution in [0.5, 0.6) is 5.75 Å². The molecule has 0 bridgehead atoms. The third kappa shape index (κ3) is 5.82. The van der Waals surface area contributed by atoms with Crippen molar-refractivity contribution < 1.29 is 27.1 Å². The van der Waals surface area contributed by atoms with E-state index in [1.807, 2.05) is 21.7 Å². The number of hydrogen-bond donors (Lipinski definition) is 1. The molecule has 3 heterocycles. The third-order valence-electron chi connectivity index (χ3n) is 4.88. The van der Waals surface area contributed by atoms with Crippen molar-refractivity contribution in [3.63, 3.8) is 0 Å². The Morgan fingerprint density at radius 3 is 2.58 bits per heavy atom. The molecule has 0 aliphatic carbocycles. The molecular weight excluding hydrogens is 433 g/mol. The Hall–Kier alpha value is -2.92. The zero-order valence-corrected chi connectivity index (χ0v) is 17.1. The van der Waals surface area contributed by atoms with Gasteiger partial charge in [0.2, 0.25) is 17.7 Å². The Labute approximate surface area is 179 Å². The van der Waals surface area contributed by atoms with Crippen LogP contribution in [-0.4, -0.2) is 47.0 Å². The van der Waals surface area contributed by atoms with E-state index in [2.05, 4.69) is 20.3 Å². The number of thiophene rings is 1. The first kappa shape index (κ1) is 21.3. The van der Waals surface area contributed by atoms with Crippen LogP contribution in [0.4, 0.5) is 18.9 Å². The molecule has 1 N–H and O–H groups in total. The number of piperidine rings is 1. The van der Waals surface area contributed by atoms with Crippen molar-refractivity contribution in [2.75, 3.05) is 25.0 Å². The van der Waals surface area contributed by atoms with E-state index >= 15 is 0 Å². The van der Waals surface area contributed by atoms with E-state index in [4.69, 9.17) is 4.42 Å². The second kappa shape index (κ2) is 9.06. The number of carbonyl (C=O) groups is 1. The van der Waals surface area contributed by atoms with Crippen LogP contribution in [0.1, 0.15) is 24.7 Å². The number of rotatable bonds is 6. The summed E-state index contributed by atoms with van der Waals surface area (Å²) in [5, 5.41) is 14.9. The summed E-state index contributed by atoms with van der Waals surface area (Å²) >= 11 is 1.56. The zero-order chi connectivity index (χ0) is 21.8. The summed E-state index contributed by atoms with van der Waals surface area (Å²) in [5.74, 6) is 0.716. The average molecular weight is 452 g/mol. The van der Waals surface area contributed by atoms with Crippen LogP contribution in [-0.2, 0) is 4.79 Å². The molecule has 164 valence electrons. The van der Waals surface area contributed by atoms with Crippen LogP contribution in [0.25, 0.3) is 11.5 Å². The predicted molar refractivity (Wildman–Crippen MR) is 108 cm³/mol. The topological polar surface area (TPSA) is 80.5 Å². The van der Waals surface area contributed by atoms with E-state index in [-0.39, 0.29) is 24.1 Å². The van der Waals surface area contributed by atoms with Crippen molar-refractivity contribution in [3.05, 3.63) is 47.0 Å². The number of halogens is 3. The van der Waals surface area contributed by atoms with E-state index in [0.29, 0.717) is 30.6 Å². The van der Waals surface area contributed by atoms with E-state index in [1.165, 1.54) is 12.1 Å². The highest BCUT2D eigenvalue weighted by atomic mass is 32.1. The Kier molecular flexibility index (Phi) is 6.23. The average Bonchev–Trinajstić information content (AvgIpc) is 3.41. The van der Waals surface area contributed by atoms with Gasteiger partial charge in [0.05, 0.1) is 6.54 Å². The van der Waals surface area contributed by atoms with E-state index in [9.17, 15) is 18.0 Å². The number of anilines is 1. The summed E-state index contributed by atoms with van der Waals surface area (Å²) in [6.07, 6.45) is -3.16. The fraction of sp³-hybridized carbons (Fsp3) is 0.350. The molecule has 0 unspecified atom stereocenters. The lowest BCUT2D eigenvalue weighted by molar-refractivity contribution is -0.274. The number of hydrogen-bond acceptors (Lipinski definition) is 7. The van der Waals surface area contributed by atoms with Gasteiger partial charge in [-0.25, -0.2) is 0 Å². The number of ether oxygens (including phenoxy) is 1. The molecule has 3 aromatic rings. The van der Waals surface area contributed by atoms with Gasteiger partial charge in [-0.15, -0.1) is 23.4 Å². The Morgan fingerprint density at radius 2 is 1.94 bits per heavy atom. The maximum Gasteiger partial charge on any atom is 0.573 e. The van der Waals surface area contributed by atoms with Gasteiger partial charge in [0.25, 0.3) is 0 Å². The van der Waals surface area contributed by atoms with Crippen molar-refractivity contribution in [2.24, 2.45) is 0 Å². The Morgan fingerprint density at radius 1 is 1.19 bits per heavy atom. The Balaban J connectivity index is 1.24. The van der Waals surface area contributed by atoms with Crippen LogP contribution in [0.15, 0.2) is 45.5 Å². The summed E-state index contributed by atoms with van der Waals surface area (Å²) in [5.41, 5.74) is 1.32. The van der Waals surface area contributed by atoms with Gasteiger partial charge in [0, 0.05) is 22.5 Å². The van der Waals surface area contributed by atoms with Crippen molar-refractivity contribution in [1.29, 1.82) is 0 Å². The molecule has 1 fully saturated rings. The monoisotopic (exact) mass is 452 g/mol. The summed E-state index contributed by atoms with van der Waals surface area (Å²) in [6, 6.07) is 6.98. The highest BCUT2D eigenvalue weighted by Gasteiger charge is 2.31. The molecule has 31 heavy (non-hydrogen) atoms. The molecule has 1 saturated heterocycles. The first-order chi connectivity index (χ1) is 14.9. The van der Waals surface area contributed by atoms with E-state index < -0.39 is 6.36 Å². The maximum atomic E-state index is 12.3. The molecule has 1 amide bonds. The van der Waals surface area contributed by atoms with Crippen LogP contribution in [0.2, 0.25) is 0 Å². The minimum Gasteiger partial charge on any atom is -0.420 e. The van der Waals surface area contributed by atoms with Gasteiger partial charge in [-0.05, 0) is 61.6 Å². The molecule has 4 rings (SSSR count). The molecule has 0 radical (unpaired) electrons. The van der Waals surface area contributed by atoms with Gasteiger partial charge in [-0.1, -0.05) is 0 Å². The first-order valence-corrected chi connectivity index (χ1v) is 10.5. The fourth-order valence-corrected chi connectivity index (χ4v) is 4.01. The molecule has 1 aromatic carbocycles. The van der Waals surface area contributed by atoms with Crippen LogP contribution >= 0.6 is 11.3 Å². The van der Waals surface area contributed by atoms with Crippen LogP contribution in [0.3, 0.4) is 0 Å². The number of nitrogens with one attached hydrogen (secondary N) is 1. The molecular formula is C20H19F3N4O3S. The predicted octanol–water partition coefficient (Wildman–Crippen LogP) is 4.51. The standard InChI is InChI=1S/C20H19F3N4O3S/c21-20(22,23)30-16-3-1-15(2-4-16)24-17(28)11-27-8-5-13(6-9-27)18-25-26-19(29-18)14-7-10-31-12-14/h1-4,7,10,12-13H,5-6,8-9,11H2,(H,24,28). The first-order valence-electron chi connectivity index (χ1n) is 9.60. The minimum atomic E-state index is -4.75. The molecule has 2 aromatic heterocycles. The molecule has 0 saturated carbocycles. The summed E-state index contributed by atoms with van der Waals surface area (Å²) in [4.78, 5) is 14.3. The van der Waals surface area contributed by atoms with E-state index in [0.717, 1.165) is 30.5 Å². The Bertz CT molecular complexity index is 998. The van der Waals surface area contributed by atoms with Gasteiger partial charge >= 0.3 is 6.36 Å². The molecule has 0 spiro atoms. The third-order valence-corrected chi connectivity index (χ3v) is 5.57. The van der Waals surface area contributed by atoms with Gasteiger partial charge in [0.1, 0.15) is 5.75 Å². The maximum absolute atomic E-state index is 12.3. The number of nitrogens with zero attached hydrogens (tertiary/aromatic N) is 3. The lowest BCUT2D eigenvalue weighted by Crippen LogP contribution is -2.38. The largest absolute Gasteiger partial charge is 0.573 e. The summed E-state index contributed by atoms with van der Waals surface area (Å²) in [6.45, 7) is 1.59. The molecule has 0 atom stereocenters. The fourth-order valence-electron chi connectivity index (χ4n) is 3.38. The molecule has 1 aliphatic rings. The van der Waals surface area contributed by atoms with Gasteiger partial charge in [0.15, 0.2) is 0 Å². The molecule has 11 heteroatoms. The quantitative estimate of drug-likeness (QED) is 0.593. The van der Waals surface area contributed by atoms with Crippen molar-refractivity contribution in [3.8, 4) is 17.2 Å². The number of carbonyl (C=O) groups excluding carboxylic acids is 1. The van der Waals surface area contributed by atoms with Gasteiger partial charge < -0.3 is 14.5 Å². The number of likely N-dealkylation sites (tertiary alicyclic amines) is 1. The smallest absolute Gasteiger partial charge is 0.420 e. The lowest BCUT2D eigenvalue weighted by atomic mass is 9.97. The van der Waals surface area contributed by atoms with Gasteiger partial charge in [-0.2, -0.15) is 11.3 Å². The highest BCUT2D eigenvalue weighted by Crippen LogP contribution is 2.30. The molecule has 7 nitrogen and oxygen atoms in total. The number of aromatic nitrogens is 2. The zero-order valence-electron chi connectivity index (χ0n) is 16.3. The molecule has 1 aliphatic heterocycles. The normalized spacial score (nSPS) is 15.7. The lowest BCUT2D eigenvalue weighted by Gasteiger charge is -2.29. The van der Waals surface area contributed by atoms with Crippen molar-refractivity contribution >= 4 is 22.9 Å². The van der Waals surface area contributed by atoms with Crippen LogP contribution in [0, 0.1) is 0 Å².